The Kier molecular flexibility index (Phi) is 4.88. The molecule has 0 saturated carbocycles. The lowest BCUT2D eigenvalue weighted by molar-refractivity contribution is -0.159. The summed E-state index contributed by atoms with van der Waals surface area (Å²) in [5, 5.41) is 8.81. The molecule has 0 saturated heterocycles. The lowest BCUT2D eigenvalue weighted by atomic mass is 10.2. The second-order valence-electron chi connectivity index (χ2n) is 4.86. The second kappa shape index (κ2) is 6.19. The van der Waals surface area contributed by atoms with Crippen LogP contribution in [0.25, 0.3) is 0 Å². The molecule has 1 rings (SSSR count). The number of benzene rings is 1. The van der Waals surface area contributed by atoms with Crippen LogP contribution in [0.15, 0.2) is 24.3 Å². The number of carboxylic acids is 1. The van der Waals surface area contributed by atoms with Gasteiger partial charge in [-0.1, -0.05) is 6.07 Å². The highest BCUT2D eigenvalue weighted by Gasteiger charge is 2.16. The maximum absolute atomic E-state index is 11.3. The van der Waals surface area contributed by atoms with Crippen molar-refractivity contribution in [3.63, 3.8) is 0 Å². The molecular weight excluding hydrogens is 250 g/mol. The molecule has 0 aliphatic heterocycles. The summed E-state index contributed by atoms with van der Waals surface area (Å²) in [6.07, 6.45) is 0. The number of carboxylic acid groups (broad SMARTS) is 1. The summed E-state index contributed by atoms with van der Waals surface area (Å²) in [7, 11) is 0. The fourth-order valence-electron chi connectivity index (χ4n) is 1.27. The molecule has 0 radical (unpaired) electrons. The Morgan fingerprint density at radius 3 is 2.58 bits per heavy atom. The van der Waals surface area contributed by atoms with Crippen LogP contribution in [0.3, 0.4) is 0 Å². The quantitative estimate of drug-likeness (QED) is 0.627. The lowest BCUT2D eigenvalue weighted by Gasteiger charge is -2.19. The van der Waals surface area contributed by atoms with Crippen LogP contribution in [-0.2, 0) is 14.4 Å². The first-order valence-corrected chi connectivity index (χ1v) is 5.71. The highest BCUT2D eigenvalue weighted by Crippen LogP contribution is 2.11. The average molecular weight is 267 g/mol. The van der Waals surface area contributed by atoms with E-state index in [1.807, 2.05) is 0 Å². The SMILES string of the molecule is CC(C)(C)OC(=O)CONc1cccc(C(=O)O)c1. The molecule has 0 aromatic heterocycles. The van der Waals surface area contributed by atoms with Gasteiger partial charge < -0.3 is 9.84 Å². The van der Waals surface area contributed by atoms with Gasteiger partial charge in [0.15, 0.2) is 6.61 Å². The van der Waals surface area contributed by atoms with E-state index in [0.29, 0.717) is 5.69 Å². The zero-order chi connectivity index (χ0) is 14.5. The van der Waals surface area contributed by atoms with E-state index in [-0.39, 0.29) is 12.2 Å². The number of carbonyl (C=O) groups is 2. The van der Waals surface area contributed by atoms with E-state index in [1.54, 1.807) is 32.9 Å². The van der Waals surface area contributed by atoms with Gasteiger partial charge >= 0.3 is 11.9 Å². The van der Waals surface area contributed by atoms with Crippen molar-refractivity contribution in [3.05, 3.63) is 29.8 Å². The number of anilines is 1. The van der Waals surface area contributed by atoms with Crippen molar-refractivity contribution in [3.8, 4) is 0 Å². The van der Waals surface area contributed by atoms with E-state index in [2.05, 4.69) is 5.48 Å². The maximum atomic E-state index is 11.3. The largest absolute Gasteiger partial charge is 0.478 e. The van der Waals surface area contributed by atoms with Gasteiger partial charge in [0.25, 0.3) is 0 Å². The molecule has 104 valence electrons. The highest BCUT2D eigenvalue weighted by molar-refractivity contribution is 5.88. The van der Waals surface area contributed by atoms with Crippen molar-refractivity contribution in [2.75, 3.05) is 12.1 Å². The van der Waals surface area contributed by atoms with Gasteiger partial charge in [-0.15, -0.1) is 0 Å². The van der Waals surface area contributed by atoms with Crippen molar-refractivity contribution in [1.29, 1.82) is 0 Å². The van der Waals surface area contributed by atoms with Crippen molar-refractivity contribution in [2.24, 2.45) is 0 Å². The molecule has 2 N–H and O–H groups in total. The van der Waals surface area contributed by atoms with Gasteiger partial charge in [-0.25, -0.2) is 9.59 Å². The molecule has 0 amide bonds. The summed E-state index contributed by atoms with van der Waals surface area (Å²) in [5.41, 5.74) is 2.50. The number of hydrogen-bond donors (Lipinski definition) is 2. The van der Waals surface area contributed by atoms with E-state index in [0.717, 1.165) is 0 Å². The van der Waals surface area contributed by atoms with E-state index >= 15 is 0 Å². The second-order valence-corrected chi connectivity index (χ2v) is 4.86. The first-order chi connectivity index (χ1) is 8.78. The average Bonchev–Trinajstić information content (AvgIpc) is 2.27. The standard InChI is InChI=1S/C13H17NO5/c1-13(2,3)19-11(15)8-18-14-10-6-4-5-9(7-10)12(16)17/h4-7,14H,8H2,1-3H3,(H,16,17). The molecule has 0 unspecified atom stereocenters. The van der Waals surface area contributed by atoms with Crippen LogP contribution in [0.2, 0.25) is 0 Å². The number of ether oxygens (including phenoxy) is 1. The highest BCUT2D eigenvalue weighted by atomic mass is 16.7. The summed E-state index contributed by atoms with van der Waals surface area (Å²) in [6.45, 7) is 5.01. The van der Waals surface area contributed by atoms with E-state index in [9.17, 15) is 9.59 Å². The molecule has 1 aromatic carbocycles. The van der Waals surface area contributed by atoms with E-state index in [4.69, 9.17) is 14.7 Å². The Labute approximate surface area is 111 Å². The third-order valence-corrected chi connectivity index (χ3v) is 1.91. The van der Waals surface area contributed by atoms with Crippen LogP contribution in [0, 0.1) is 0 Å². The number of esters is 1. The van der Waals surface area contributed by atoms with Gasteiger partial charge in [-0.2, -0.15) is 0 Å². The number of aromatic carboxylic acids is 1. The maximum Gasteiger partial charge on any atom is 0.335 e. The zero-order valence-electron chi connectivity index (χ0n) is 11.1. The molecule has 0 aliphatic carbocycles. The van der Waals surface area contributed by atoms with Crippen molar-refractivity contribution in [1.82, 2.24) is 0 Å². The van der Waals surface area contributed by atoms with Crippen LogP contribution in [-0.4, -0.2) is 29.3 Å². The van der Waals surface area contributed by atoms with E-state index < -0.39 is 17.5 Å². The summed E-state index contributed by atoms with van der Waals surface area (Å²) in [4.78, 5) is 27.0. The van der Waals surface area contributed by atoms with Gasteiger partial charge in [0.05, 0.1) is 11.3 Å². The van der Waals surface area contributed by atoms with Crippen LogP contribution in [0.5, 0.6) is 0 Å². The van der Waals surface area contributed by atoms with Crippen LogP contribution >= 0.6 is 0 Å². The molecule has 0 spiro atoms. The van der Waals surface area contributed by atoms with Crippen LogP contribution in [0.1, 0.15) is 31.1 Å². The predicted octanol–water partition coefficient (Wildman–Crippen LogP) is 2.07. The smallest absolute Gasteiger partial charge is 0.335 e. The molecule has 0 atom stereocenters. The fraction of sp³-hybridized carbons (Fsp3) is 0.385. The minimum absolute atomic E-state index is 0.130. The molecule has 0 bridgehead atoms. The molecule has 0 aliphatic rings. The first-order valence-electron chi connectivity index (χ1n) is 5.71. The molecule has 0 fully saturated rings. The Balaban J connectivity index is 2.43. The van der Waals surface area contributed by atoms with Gasteiger partial charge in [0, 0.05) is 0 Å². The topological polar surface area (TPSA) is 84.9 Å². The molecule has 1 aromatic rings. The van der Waals surface area contributed by atoms with Gasteiger partial charge in [-0.05, 0) is 39.0 Å². The predicted molar refractivity (Wildman–Crippen MR) is 68.8 cm³/mol. The third kappa shape index (κ3) is 5.87. The minimum atomic E-state index is -1.03. The lowest BCUT2D eigenvalue weighted by Crippen LogP contribution is -2.27. The zero-order valence-corrected chi connectivity index (χ0v) is 11.1. The molecule has 0 heterocycles. The molecule has 6 heteroatoms. The van der Waals surface area contributed by atoms with Gasteiger partial charge in [0.2, 0.25) is 0 Å². The Morgan fingerprint density at radius 1 is 1.32 bits per heavy atom. The van der Waals surface area contributed by atoms with Crippen molar-refractivity contribution >= 4 is 17.6 Å². The summed E-state index contributed by atoms with van der Waals surface area (Å²) >= 11 is 0. The fourth-order valence-corrected chi connectivity index (χ4v) is 1.27. The molecule has 6 nitrogen and oxygen atoms in total. The Morgan fingerprint density at radius 2 is 2.00 bits per heavy atom. The summed E-state index contributed by atoms with van der Waals surface area (Å²) in [6, 6.07) is 6.06. The Bertz CT molecular complexity index is 464. The van der Waals surface area contributed by atoms with Crippen LogP contribution < -0.4 is 5.48 Å². The Hall–Kier alpha value is -2.08. The van der Waals surface area contributed by atoms with E-state index in [1.165, 1.54) is 12.1 Å². The number of carbonyl (C=O) groups excluding carboxylic acids is 1. The van der Waals surface area contributed by atoms with Crippen LogP contribution in [0.4, 0.5) is 5.69 Å². The molecule has 19 heavy (non-hydrogen) atoms. The third-order valence-electron chi connectivity index (χ3n) is 1.91. The first kappa shape index (κ1) is 15.0. The van der Waals surface area contributed by atoms with Crippen molar-refractivity contribution in [2.45, 2.75) is 26.4 Å². The summed E-state index contributed by atoms with van der Waals surface area (Å²) in [5.74, 6) is -1.54. The van der Waals surface area contributed by atoms with Gasteiger partial charge in [0.1, 0.15) is 5.60 Å². The normalized spacial score (nSPS) is 10.9. The minimum Gasteiger partial charge on any atom is -0.478 e. The van der Waals surface area contributed by atoms with Crippen molar-refractivity contribution < 1.29 is 24.3 Å². The number of hydrogen-bond acceptors (Lipinski definition) is 5. The molecular formula is C13H17NO5. The monoisotopic (exact) mass is 267 g/mol. The number of nitrogens with one attached hydrogen (secondary N) is 1. The number of rotatable bonds is 5. The summed E-state index contributed by atoms with van der Waals surface area (Å²) < 4.78 is 5.04. The van der Waals surface area contributed by atoms with Gasteiger partial charge in [-0.3, -0.25) is 10.3 Å².